The number of nitrogens with one attached hydrogen (secondary N) is 1. The average molecular weight is 284 g/mol. The molecule has 0 bridgehead atoms. The summed E-state index contributed by atoms with van der Waals surface area (Å²) in [6, 6.07) is 3.66. The normalized spacial score (nSPS) is 13.6. The number of fused-ring (bicyclic) bond motifs is 1. The maximum absolute atomic E-state index is 12.1. The van der Waals surface area contributed by atoms with Crippen LogP contribution in [0.3, 0.4) is 0 Å². The molecule has 0 aromatic carbocycles. The maximum atomic E-state index is 12.1. The van der Waals surface area contributed by atoms with Gasteiger partial charge in [-0.2, -0.15) is 0 Å². The van der Waals surface area contributed by atoms with Gasteiger partial charge in [-0.05, 0) is 19.1 Å². The molecule has 0 aliphatic carbocycles. The van der Waals surface area contributed by atoms with E-state index in [1.54, 1.807) is 19.3 Å². The molecule has 108 valence electrons. The van der Waals surface area contributed by atoms with Crippen LogP contribution in [0.15, 0.2) is 24.5 Å². The molecule has 6 nitrogen and oxygen atoms in total. The zero-order valence-corrected chi connectivity index (χ0v) is 11.8. The number of hydrogen-bond donors (Lipinski definition) is 1. The van der Waals surface area contributed by atoms with E-state index in [9.17, 15) is 4.79 Å². The second kappa shape index (κ2) is 5.97. The van der Waals surface area contributed by atoms with Gasteiger partial charge < -0.3 is 10.1 Å². The maximum Gasteiger partial charge on any atom is 0.357 e. The molecule has 0 radical (unpaired) electrons. The number of nitrogens with zero attached hydrogens (tertiary/aromatic N) is 3. The van der Waals surface area contributed by atoms with Crippen molar-refractivity contribution in [3.63, 3.8) is 0 Å². The molecule has 6 heteroatoms. The van der Waals surface area contributed by atoms with E-state index in [0.717, 1.165) is 29.8 Å². The van der Waals surface area contributed by atoms with Gasteiger partial charge in [-0.15, -0.1) is 0 Å². The molecular weight excluding hydrogens is 268 g/mol. The van der Waals surface area contributed by atoms with Crippen LogP contribution in [0.4, 0.5) is 0 Å². The number of pyridine rings is 1. The minimum absolute atomic E-state index is 0.329. The Morgan fingerprint density at radius 1 is 1.33 bits per heavy atom. The van der Waals surface area contributed by atoms with Crippen molar-refractivity contribution in [2.24, 2.45) is 0 Å². The third kappa shape index (κ3) is 2.75. The summed E-state index contributed by atoms with van der Waals surface area (Å²) in [7, 11) is 0. The Kier molecular flexibility index (Phi) is 3.87. The minimum Gasteiger partial charge on any atom is -0.461 e. The molecule has 1 aliphatic heterocycles. The molecule has 0 spiro atoms. The lowest BCUT2D eigenvalue weighted by molar-refractivity contribution is 0.0517. The standard InChI is InChI=1S/C15H16N4O2/c1-2-21-15(20)13-11-9-17-8-5-12(11)18-14(19-13)10-3-6-16-7-4-10/h3-4,6-7,17H,2,5,8-9H2,1H3. The van der Waals surface area contributed by atoms with Crippen LogP contribution in [0.2, 0.25) is 0 Å². The van der Waals surface area contributed by atoms with Gasteiger partial charge in [0.1, 0.15) is 0 Å². The van der Waals surface area contributed by atoms with E-state index in [0.29, 0.717) is 24.7 Å². The van der Waals surface area contributed by atoms with Crippen LogP contribution in [0.1, 0.15) is 28.7 Å². The van der Waals surface area contributed by atoms with Crippen LogP contribution in [-0.2, 0) is 17.7 Å². The first-order valence-corrected chi connectivity index (χ1v) is 6.97. The third-order valence-corrected chi connectivity index (χ3v) is 3.34. The predicted octanol–water partition coefficient (Wildman–Crippen LogP) is 1.36. The highest BCUT2D eigenvalue weighted by molar-refractivity contribution is 5.89. The van der Waals surface area contributed by atoms with Crippen molar-refractivity contribution in [2.45, 2.75) is 19.9 Å². The fourth-order valence-electron chi connectivity index (χ4n) is 2.34. The first-order valence-electron chi connectivity index (χ1n) is 6.97. The van der Waals surface area contributed by atoms with Crippen molar-refractivity contribution < 1.29 is 9.53 Å². The van der Waals surface area contributed by atoms with Crippen molar-refractivity contribution in [3.05, 3.63) is 41.5 Å². The van der Waals surface area contributed by atoms with E-state index in [4.69, 9.17) is 4.74 Å². The van der Waals surface area contributed by atoms with E-state index in [-0.39, 0.29) is 0 Å². The van der Waals surface area contributed by atoms with E-state index < -0.39 is 5.97 Å². The van der Waals surface area contributed by atoms with Crippen LogP contribution < -0.4 is 5.32 Å². The second-order valence-corrected chi connectivity index (χ2v) is 4.70. The summed E-state index contributed by atoms with van der Waals surface area (Å²) < 4.78 is 5.12. The Morgan fingerprint density at radius 3 is 2.90 bits per heavy atom. The number of rotatable bonds is 3. The molecule has 3 rings (SSSR count). The number of esters is 1. The Hall–Kier alpha value is -2.34. The Morgan fingerprint density at radius 2 is 2.14 bits per heavy atom. The van der Waals surface area contributed by atoms with E-state index in [1.165, 1.54) is 0 Å². The zero-order valence-electron chi connectivity index (χ0n) is 11.8. The molecule has 1 aliphatic rings. The monoisotopic (exact) mass is 284 g/mol. The van der Waals surface area contributed by atoms with Crippen molar-refractivity contribution in [1.29, 1.82) is 0 Å². The first-order chi connectivity index (χ1) is 10.3. The molecule has 0 amide bonds. The van der Waals surface area contributed by atoms with Crippen LogP contribution in [0.25, 0.3) is 11.4 Å². The lowest BCUT2D eigenvalue weighted by Crippen LogP contribution is -2.28. The van der Waals surface area contributed by atoms with Gasteiger partial charge in [0, 0.05) is 43.0 Å². The van der Waals surface area contributed by atoms with E-state index >= 15 is 0 Å². The first kappa shape index (κ1) is 13.6. The lowest BCUT2D eigenvalue weighted by atomic mass is 10.0. The number of hydrogen-bond acceptors (Lipinski definition) is 6. The van der Waals surface area contributed by atoms with Crippen molar-refractivity contribution >= 4 is 5.97 Å². The smallest absolute Gasteiger partial charge is 0.357 e. The van der Waals surface area contributed by atoms with Crippen molar-refractivity contribution in [2.75, 3.05) is 13.2 Å². The predicted molar refractivity (Wildman–Crippen MR) is 76.6 cm³/mol. The van der Waals surface area contributed by atoms with Crippen LogP contribution in [0.5, 0.6) is 0 Å². The second-order valence-electron chi connectivity index (χ2n) is 4.70. The highest BCUT2D eigenvalue weighted by atomic mass is 16.5. The Bertz CT molecular complexity index is 658. The van der Waals surface area contributed by atoms with Gasteiger partial charge in [-0.3, -0.25) is 4.98 Å². The SMILES string of the molecule is CCOC(=O)c1nc(-c2ccncc2)nc2c1CNCC2. The molecule has 2 aromatic heterocycles. The summed E-state index contributed by atoms with van der Waals surface area (Å²) in [4.78, 5) is 25.2. The van der Waals surface area contributed by atoms with E-state index in [1.807, 2.05) is 12.1 Å². The third-order valence-electron chi connectivity index (χ3n) is 3.34. The van der Waals surface area contributed by atoms with Gasteiger partial charge in [-0.1, -0.05) is 0 Å². The van der Waals surface area contributed by atoms with Crippen molar-refractivity contribution in [1.82, 2.24) is 20.3 Å². The van der Waals surface area contributed by atoms with Gasteiger partial charge in [0.2, 0.25) is 0 Å². The fourth-order valence-corrected chi connectivity index (χ4v) is 2.34. The summed E-state index contributed by atoms with van der Waals surface area (Å²) in [6.45, 7) is 3.56. The summed E-state index contributed by atoms with van der Waals surface area (Å²) in [5, 5.41) is 3.24. The summed E-state index contributed by atoms with van der Waals surface area (Å²) in [6.07, 6.45) is 4.15. The molecule has 0 fully saturated rings. The molecule has 0 saturated carbocycles. The summed E-state index contributed by atoms with van der Waals surface area (Å²) >= 11 is 0. The van der Waals surface area contributed by atoms with Crippen LogP contribution >= 0.6 is 0 Å². The molecule has 0 saturated heterocycles. The fraction of sp³-hybridized carbons (Fsp3) is 0.333. The number of carbonyl (C=O) groups excluding carboxylic acids is 1. The molecule has 1 N–H and O–H groups in total. The highest BCUT2D eigenvalue weighted by Crippen LogP contribution is 2.21. The van der Waals surface area contributed by atoms with Gasteiger partial charge >= 0.3 is 5.97 Å². The van der Waals surface area contributed by atoms with Crippen LogP contribution in [0, 0.1) is 0 Å². The lowest BCUT2D eigenvalue weighted by Gasteiger charge is -2.19. The largest absolute Gasteiger partial charge is 0.461 e. The molecule has 0 unspecified atom stereocenters. The molecule has 3 heterocycles. The Balaban J connectivity index is 2.11. The Labute approximate surface area is 122 Å². The number of carbonyl (C=O) groups is 1. The number of aromatic nitrogens is 3. The summed E-state index contributed by atoms with van der Waals surface area (Å²) in [5.41, 5.74) is 2.97. The van der Waals surface area contributed by atoms with Crippen LogP contribution in [-0.4, -0.2) is 34.1 Å². The molecule has 21 heavy (non-hydrogen) atoms. The zero-order chi connectivity index (χ0) is 14.7. The highest BCUT2D eigenvalue weighted by Gasteiger charge is 2.23. The quantitative estimate of drug-likeness (QED) is 0.858. The number of ether oxygens (including phenoxy) is 1. The van der Waals surface area contributed by atoms with Gasteiger partial charge in [-0.25, -0.2) is 14.8 Å². The van der Waals surface area contributed by atoms with Crippen molar-refractivity contribution in [3.8, 4) is 11.4 Å². The molecule has 2 aromatic rings. The molecular formula is C15H16N4O2. The molecule has 0 atom stereocenters. The summed E-state index contributed by atoms with van der Waals surface area (Å²) in [5.74, 6) is 0.149. The van der Waals surface area contributed by atoms with Gasteiger partial charge in [0.25, 0.3) is 0 Å². The van der Waals surface area contributed by atoms with Gasteiger partial charge in [0.05, 0.1) is 12.3 Å². The average Bonchev–Trinajstić information content (AvgIpc) is 2.55. The minimum atomic E-state index is -0.393. The van der Waals surface area contributed by atoms with E-state index in [2.05, 4.69) is 20.3 Å². The van der Waals surface area contributed by atoms with Gasteiger partial charge in [0.15, 0.2) is 11.5 Å². The topological polar surface area (TPSA) is 77.0 Å².